The van der Waals surface area contributed by atoms with Gasteiger partial charge < -0.3 is 5.73 Å². The Labute approximate surface area is 88.0 Å². The van der Waals surface area contributed by atoms with Gasteiger partial charge in [-0.2, -0.15) is 0 Å². The van der Waals surface area contributed by atoms with Gasteiger partial charge >= 0.3 is 0 Å². The van der Waals surface area contributed by atoms with Gasteiger partial charge in [0.1, 0.15) is 0 Å². The van der Waals surface area contributed by atoms with Crippen LogP contribution in [0.25, 0.3) is 0 Å². The van der Waals surface area contributed by atoms with Crippen molar-refractivity contribution in [3.8, 4) is 0 Å². The third-order valence-corrected chi connectivity index (χ3v) is 2.91. The average Bonchev–Trinajstić information content (AvgIpc) is 2.09. The van der Waals surface area contributed by atoms with Crippen LogP contribution in [0.4, 0.5) is 5.69 Å². The first-order valence-corrected chi connectivity index (χ1v) is 5.39. The molecule has 70 valence electrons. The SMILES string of the molecule is C=CCCSc1ccc(Cl)cc1N. The zero-order valence-electron chi connectivity index (χ0n) is 7.29. The normalized spacial score (nSPS) is 9.92. The zero-order valence-corrected chi connectivity index (χ0v) is 8.87. The Morgan fingerprint density at radius 3 is 2.92 bits per heavy atom. The summed E-state index contributed by atoms with van der Waals surface area (Å²) in [5.74, 6) is 1.01. The minimum Gasteiger partial charge on any atom is -0.398 e. The van der Waals surface area contributed by atoms with E-state index in [2.05, 4.69) is 6.58 Å². The Balaban J connectivity index is 2.61. The van der Waals surface area contributed by atoms with Gasteiger partial charge in [-0.1, -0.05) is 17.7 Å². The standard InChI is InChI=1S/C10H12ClNS/c1-2-3-6-13-10-5-4-8(11)7-9(10)12/h2,4-5,7H,1,3,6,12H2. The van der Waals surface area contributed by atoms with E-state index in [9.17, 15) is 0 Å². The number of thioether (sulfide) groups is 1. The van der Waals surface area contributed by atoms with Gasteiger partial charge in [0.25, 0.3) is 0 Å². The molecule has 0 aliphatic heterocycles. The number of rotatable bonds is 4. The molecule has 0 bridgehead atoms. The van der Waals surface area contributed by atoms with Crippen LogP contribution < -0.4 is 5.73 Å². The molecule has 1 nitrogen and oxygen atoms in total. The molecular weight excluding hydrogens is 202 g/mol. The summed E-state index contributed by atoms with van der Waals surface area (Å²) in [6.07, 6.45) is 2.89. The highest BCUT2D eigenvalue weighted by molar-refractivity contribution is 7.99. The molecule has 0 saturated carbocycles. The number of nitrogens with two attached hydrogens (primary N) is 1. The molecule has 0 fully saturated rings. The van der Waals surface area contributed by atoms with E-state index in [1.54, 1.807) is 17.8 Å². The minimum atomic E-state index is 0.686. The lowest BCUT2D eigenvalue weighted by molar-refractivity contribution is 1.25. The van der Waals surface area contributed by atoms with E-state index in [-0.39, 0.29) is 0 Å². The fourth-order valence-electron chi connectivity index (χ4n) is 0.903. The molecule has 0 aromatic heterocycles. The van der Waals surface area contributed by atoms with Crippen molar-refractivity contribution in [2.45, 2.75) is 11.3 Å². The van der Waals surface area contributed by atoms with Crippen LogP contribution >= 0.6 is 23.4 Å². The predicted octanol–water partition coefficient (Wildman–Crippen LogP) is 3.59. The monoisotopic (exact) mass is 213 g/mol. The summed E-state index contributed by atoms with van der Waals surface area (Å²) in [4.78, 5) is 1.09. The number of allylic oxidation sites excluding steroid dienone is 1. The van der Waals surface area contributed by atoms with Crippen LogP contribution in [0.15, 0.2) is 35.7 Å². The molecule has 1 aromatic carbocycles. The van der Waals surface area contributed by atoms with Gasteiger partial charge in [0.15, 0.2) is 0 Å². The van der Waals surface area contributed by atoms with Gasteiger partial charge in [-0.15, -0.1) is 18.3 Å². The van der Waals surface area contributed by atoms with Crippen LogP contribution in [0.1, 0.15) is 6.42 Å². The smallest absolute Gasteiger partial charge is 0.0467 e. The Morgan fingerprint density at radius 2 is 2.31 bits per heavy atom. The van der Waals surface area contributed by atoms with E-state index in [1.807, 2.05) is 18.2 Å². The molecular formula is C10H12ClNS. The molecule has 0 heterocycles. The summed E-state index contributed by atoms with van der Waals surface area (Å²) >= 11 is 7.50. The fraction of sp³-hybridized carbons (Fsp3) is 0.200. The highest BCUT2D eigenvalue weighted by atomic mass is 35.5. The summed E-state index contributed by atoms with van der Waals surface area (Å²) in [7, 11) is 0. The maximum absolute atomic E-state index is 5.77. The maximum Gasteiger partial charge on any atom is 0.0467 e. The number of hydrogen-bond acceptors (Lipinski definition) is 2. The number of hydrogen-bond donors (Lipinski definition) is 1. The Kier molecular flexibility index (Phi) is 4.19. The second-order valence-corrected chi connectivity index (χ2v) is 4.18. The Hall–Kier alpha value is -0.600. The van der Waals surface area contributed by atoms with Gasteiger partial charge in [-0.25, -0.2) is 0 Å². The van der Waals surface area contributed by atoms with Gasteiger partial charge in [-0.3, -0.25) is 0 Å². The first-order chi connectivity index (χ1) is 6.24. The Bertz CT molecular complexity index is 299. The van der Waals surface area contributed by atoms with Crippen LogP contribution in [-0.2, 0) is 0 Å². The molecule has 0 radical (unpaired) electrons. The van der Waals surface area contributed by atoms with Crippen LogP contribution in [-0.4, -0.2) is 5.75 Å². The van der Waals surface area contributed by atoms with Crippen molar-refractivity contribution >= 4 is 29.1 Å². The van der Waals surface area contributed by atoms with E-state index < -0.39 is 0 Å². The van der Waals surface area contributed by atoms with Crippen molar-refractivity contribution in [3.05, 3.63) is 35.9 Å². The number of halogens is 1. The first kappa shape index (κ1) is 10.5. The lowest BCUT2D eigenvalue weighted by Crippen LogP contribution is -1.88. The first-order valence-electron chi connectivity index (χ1n) is 4.02. The zero-order chi connectivity index (χ0) is 9.68. The van der Waals surface area contributed by atoms with Crippen molar-refractivity contribution < 1.29 is 0 Å². The molecule has 3 heteroatoms. The molecule has 0 spiro atoms. The Morgan fingerprint density at radius 1 is 1.54 bits per heavy atom. The second-order valence-electron chi connectivity index (χ2n) is 2.61. The third kappa shape index (κ3) is 3.33. The van der Waals surface area contributed by atoms with Gasteiger partial charge in [-0.05, 0) is 24.6 Å². The second kappa shape index (κ2) is 5.20. The van der Waals surface area contributed by atoms with E-state index in [0.29, 0.717) is 5.02 Å². The highest BCUT2D eigenvalue weighted by Crippen LogP contribution is 2.27. The molecule has 0 aliphatic carbocycles. The van der Waals surface area contributed by atoms with E-state index in [1.165, 1.54) is 0 Å². The third-order valence-electron chi connectivity index (χ3n) is 1.55. The molecule has 1 rings (SSSR count). The number of anilines is 1. The molecule has 0 atom stereocenters. The summed E-state index contributed by atoms with van der Waals surface area (Å²) in [5, 5.41) is 0.686. The van der Waals surface area contributed by atoms with Crippen molar-refractivity contribution in [1.82, 2.24) is 0 Å². The molecule has 0 unspecified atom stereocenters. The van der Waals surface area contributed by atoms with Crippen LogP contribution in [0.3, 0.4) is 0 Å². The molecule has 0 aliphatic rings. The molecule has 13 heavy (non-hydrogen) atoms. The van der Waals surface area contributed by atoms with Crippen molar-refractivity contribution in [1.29, 1.82) is 0 Å². The summed E-state index contributed by atoms with van der Waals surface area (Å²) in [6.45, 7) is 3.66. The average molecular weight is 214 g/mol. The lowest BCUT2D eigenvalue weighted by Gasteiger charge is -2.03. The fourth-order valence-corrected chi connectivity index (χ4v) is 1.98. The van der Waals surface area contributed by atoms with Crippen LogP contribution in [0.5, 0.6) is 0 Å². The molecule has 2 N–H and O–H groups in total. The number of benzene rings is 1. The van der Waals surface area contributed by atoms with Crippen molar-refractivity contribution in [2.24, 2.45) is 0 Å². The summed E-state index contributed by atoms with van der Waals surface area (Å²) in [6, 6.07) is 5.58. The maximum atomic E-state index is 5.77. The van der Waals surface area contributed by atoms with E-state index >= 15 is 0 Å². The molecule has 0 saturated heterocycles. The lowest BCUT2D eigenvalue weighted by atomic mass is 10.3. The minimum absolute atomic E-state index is 0.686. The van der Waals surface area contributed by atoms with Crippen molar-refractivity contribution in [3.63, 3.8) is 0 Å². The molecule has 1 aromatic rings. The van der Waals surface area contributed by atoms with Crippen LogP contribution in [0, 0.1) is 0 Å². The summed E-state index contributed by atoms with van der Waals surface area (Å²) < 4.78 is 0. The van der Waals surface area contributed by atoms with E-state index in [0.717, 1.165) is 22.8 Å². The van der Waals surface area contributed by atoms with Crippen molar-refractivity contribution in [2.75, 3.05) is 11.5 Å². The van der Waals surface area contributed by atoms with Gasteiger partial charge in [0.2, 0.25) is 0 Å². The predicted molar refractivity (Wildman–Crippen MR) is 61.4 cm³/mol. The quantitative estimate of drug-likeness (QED) is 0.358. The van der Waals surface area contributed by atoms with E-state index in [4.69, 9.17) is 17.3 Å². The van der Waals surface area contributed by atoms with Gasteiger partial charge in [0.05, 0.1) is 0 Å². The molecule has 0 amide bonds. The number of nitrogen functional groups attached to an aromatic ring is 1. The topological polar surface area (TPSA) is 26.0 Å². The van der Waals surface area contributed by atoms with Gasteiger partial charge in [0, 0.05) is 21.4 Å². The largest absolute Gasteiger partial charge is 0.398 e. The van der Waals surface area contributed by atoms with Crippen LogP contribution in [0.2, 0.25) is 5.02 Å². The summed E-state index contributed by atoms with van der Waals surface area (Å²) in [5.41, 5.74) is 6.52. The highest BCUT2D eigenvalue weighted by Gasteiger charge is 1.99.